The summed E-state index contributed by atoms with van der Waals surface area (Å²) in [4.78, 5) is 11.7. The predicted octanol–water partition coefficient (Wildman–Crippen LogP) is 2.87. The van der Waals surface area contributed by atoms with Crippen molar-refractivity contribution in [2.45, 2.75) is 18.2 Å². The lowest BCUT2D eigenvalue weighted by Crippen LogP contribution is -2.29. The second kappa shape index (κ2) is 5.94. The first-order valence-electron chi connectivity index (χ1n) is 4.91. The van der Waals surface area contributed by atoms with E-state index in [1.54, 1.807) is 0 Å². The van der Waals surface area contributed by atoms with Crippen molar-refractivity contribution in [3.63, 3.8) is 0 Å². The van der Waals surface area contributed by atoms with Crippen LogP contribution in [0.25, 0.3) is 0 Å². The molecule has 0 spiro atoms. The molecule has 0 aromatic heterocycles. The first-order chi connectivity index (χ1) is 7.52. The molecule has 0 fully saturated rings. The normalized spacial score (nSPS) is 12.2. The molecule has 0 heterocycles. The van der Waals surface area contributed by atoms with Gasteiger partial charge < -0.3 is 5.32 Å². The summed E-state index contributed by atoms with van der Waals surface area (Å²) >= 11 is 3.34. The highest BCUT2D eigenvalue weighted by Gasteiger charge is 2.10. The second-order valence-electron chi connectivity index (χ2n) is 3.37. The largest absolute Gasteiger partial charge is 0.351 e. The van der Waals surface area contributed by atoms with Crippen LogP contribution in [-0.2, 0) is 0 Å². The van der Waals surface area contributed by atoms with Gasteiger partial charge in [0.15, 0.2) is 0 Å². The van der Waals surface area contributed by atoms with E-state index in [9.17, 15) is 13.6 Å². The molecule has 0 saturated heterocycles. The molecule has 1 unspecified atom stereocenters. The van der Waals surface area contributed by atoms with Gasteiger partial charge in [-0.15, -0.1) is 0 Å². The minimum atomic E-state index is -0.754. The highest BCUT2D eigenvalue weighted by Crippen LogP contribution is 2.08. The average Bonchev–Trinajstić information content (AvgIpc) is 2.23. The lowest BCUT2D eigenvalue weighted by atomic mass is 10.2. The van der Waals surface area contributed by atoms with E-state index in [4.69, 9.17) is 0 Å². The fourth-order valence-corrected chi connectivity index (χ4v) is 1.30. The maximum Gasteiger partial charge on any atom is 0.251 e. The Morgan fingerprint density at radius 1 is 1.38 bits per heavy atom. The number of amides is 1. The summed E-state index contributed by atoms with van der Waals surface area (Å²) in [5.41, 5.74) is -0.00620. The van der Waals surface area contributed by atoms with Crippen LogP contribution in [0.4, 0.5) is 8.78 Å². The Morgan fingerprint density at radius 3 is 2.44 bits per heavy atom. The molecule has 0 saturated carbocycles. The van der Waals surface area contributed by atoms with Crippen LogP contribution in [0.1, 0.15) is 23.7 Å². The number of carbonyl (C=O) groups excluding carboxylic acids is 1. The van der Waals surface area contributed by atoms with E-state index in [0.29, 0.717) is 6.54 Å². The molecule has 16 heavy (non-hydrogen) atoms. The van der Waals surface area contributed by atoms with Crippen molar-refractivity contribution in [1.29, 1.82) is 0 Å². The zero-order valence-electron chi connectivity index (χ0n) is 8.77. The molecule has 1 atom stereocenters. The van der Waals surface area contributed by atoms with Crippen molar-refractivity contribution < 1.29 is 13.6 Å². The summed E-state index contributed by atoms with van der Waals surface area (Å²) in [5, 5.41) is 2.58. The Morgan fingerprint density at radius 2 is 1.94 bits per heavy atom. The van der Waals surface area contributed by atoms with Gasteiger partial charge in [-0.1, -0.05) is 22.9 Å². The van der Waals surface area contributed by atoms with Crippen LogP contribution in [-0.4, -0.2) is 17.3 Å². The molecule has 0 aliphatic heterocycles. The fraction of sp³-hybridized carbons (Fsp3) is 0.364. The molecule has 2 nitrogen and oxygen atoms in total. The van der Waals surface area contributed by atoms with E-state index in [0.717, 1.165) is 24.6 Å². The first kappa shape index (κ1) is 13.1. The van der Waals surface area contributed by atoms with Gasteiger partial charge >= 0.3 is 0 Å². The molecule has 0 radical (unpaired) electrons. The summed E-state index contributed by atoms with van der Waals surface area (Å²) in [6.07, 6.45) is 0.859. The summed E-state index contributed by atoms with van der Waals surface area (Å²) in [6, 6.07) is 2.75. The van der Waals surface area contributed by atoms with Crippen molar-refractivity contribution >= 4 is 21.8 Å². The molecule has 1 amide bonds. The summed E-state index contributed by atoms with van der Waals surface area (Å²) in [6.45, 7) is 2.39. The Balaban J connectivity index is 2.66. The number of halogens is 3. The van der Waals surface area contributed by atoms with Crippen molar-refractivity contribution in [3.05, 3.63) is 35.4 Å². The van der Waals surface area contributed by atoms with Crippen LogP contribution in [0.15, 0.2) is 18.2 Å². The van der Waals surface area contributed by atoms with E-state index in [1.165, 1.54) is 0 Å². The highest BCUT2D eigenvalue weighted by atomic mass is 79.9. The Hall–Kier alpha value is -0.970. The van der Waals surface area contributed by atoms with Crippen LogP contribution in [0.3, 0.4) is 0 Å². The fourth-order valence-electron chi connectivity index (χ4n) is 1.13. The lowest BCUT2D eigenvalue weighted by molar-refractivity contribution is 0.0953. The minimum Gasteiger partial charge on any atom is -0.351 e. The topological polar surface area (TPSA) is 29.1 Å². The van der Waals surface area contributed by atoms with E-state index >= 15 is 0 Å². The number of benzene rings is 1. The molecular formula is C11H12BrF2NO. The van der Waals surface area contributed by atoms with Crippen LogP contribution in [0.2, 0.25) is 0 Å². The number of hydrogen-bond acceptors (Lipinski definition) is 1. The van der Waals surface area contributed by atoms with E-state index in [2.05, 4.69) is 21.2 Å². The number of hydrogen-bond donors (Lipinski definition) is 1. The van der Waals surface area contributed by atoms with E-state index < -0.39 is 17.5 Å². The van der Waals surface area contributed by atoms with Crippen LogP contribution < -0.4 is 5.32 Å². The molecule has 1 rings (SSSR count). The van der Waals surface area contributed by atoms with Gasteiger partial charge in [-0.05, 0) is 18.6 Å². The van der Waals surface area contributed by atoms with Gasteiger partial charge in [-0.25, -0.2) is 8.78 Å². The quantitative estimate of drug-likeness (QED) is 0.849. The Kier molecular flexibility index (Phi) is 4.86. The van der Waals surface area contributed by atoms with Crippen molar-refractivity contribution in [2.24, 2.45) is 0 Å². The van der Waals surface area contributed by atoms with Gasteiger partial charge in [0, 0.05) is 23.0 Å². The van der Waals surface area contributed by atoms with Gasteiger partial charge in [0.05, 0.1) is 0 Å². The van der Waals surface area contributed by atoms with Crippen molar-refractivity contribution in [1.82, 2.24) is 5.32 Å². The molecule has 1 aromatic carbocycles. The molecule has 0 bridgehead atoms. The molecular weight excluding hydrogens is 280 g/mol. The minimum absolute atomic E-state index is 0.00620. The van der Waals surface area contributed by atoms with Gasteiger partial charge in [-0.3, -0.25) is 4.79 Å². The Bertz CT molecular complexity index is 364. The smallest absolute Gasteiger partial charge is 0.251 e. The van der Waals surface area contributed by atoms with Crippen LogP contribution >= 0.6 is 15.9 Å². The van der Waals surface area contributed by atoms with Crippen LogP contribution in [0.5, 0.6) is 0 Å². The van der Waals surface area contributed by atoms with E-state index in [-0.39, 0.29) is 10.4 Å². The maximum absolute atomic E-state index is 12.8. The van der Waals surface area contributed by atoms with Gasteiger partial charge in [0.2, 0.25) is 0 Å². The first-order valence-corrected chi connectivity index (χ1v) is 5.83. The highest BCUT2D eigenvalue weighted by molar-refractivity contribution is 9.09. The van der Waals surface area contributed by atoms with Gasteiger partial charge in [-0.2, -0.15) is 0 Å². The molecule has 0 aliphatic carbocycles. The third-order valence-electron chi connectivity index (χ3n) is 2.05. The Labute approximate surface area is 101 Å². The zero-order valence-corrected chi connectivity index (χ0v) is 10.4. The summed E-state index contributed by atoms with van der Waals surface area (Å²) < 4.78 is 25.6. The van der Waals surface area contributed by atoms with Gasteiger partial charge in [0.1, 0.15) is 11.6 Å². The zero-order chi connectivity index (χ0) is 12.1. The number of rotatable bonds is 4. The number of alkyl halides is 1. The maximum atomic E-state index is 12.8. The van der Waals surface area contributed by atoms with Gasteiger partial charge in [0.25, 0.3) is 5.91 Å². The van der Waals surface area contributed by atoms with Crippen molar-refractivity contribution in [2.75, 3.05) is 6.54 Å². The average molecular weight is 292 g/mol. The SMILES string of the molecule is CCC(Br)CNC(=O)c1cc(F)cc(F)c1. The number of nitrogens with one attached hydrogen (secondary N) is 1. The molecule has 1 N–H and O–H groups in total. The molecule has 5 heteroatoms. The standard InChI is InChI=1S/C11H12BrF2NO/c1-2-8(12)6-15-11(16)7-3-9(13)5-10(14)4-7/h3-5,8H,2,6H2,1H3,(H,15,16). The third-order valence-corrected chi connectivity index (χ3v) is 3.02. The monoisotopic (exact) mass is 291 g/mol. The predicted molar refractivity (Wildman–Crippen MR) is 61.7 cm³/mol. The second-order valence-corrected chi connectivity index (χ2v) is 4.67. The van der Waals surface area contributed by atoms with Crippen LogP contribution in [0, 0.1) is 11.6 Å². The summed E-state index contributed by atoms with van der Waals surface area (Å²) in [5.74, 6) is -1.98. The lowest BCUT2D eigenvalue weighted by Gasteiger charge is -2.08. The van der Waals surface area contributed by atoms with E-state index in [1.807, 2.05) is 6.92 Å². The molecule has 88 valence electrons. The molecule has 1 aromatic rings. The third kappa shape index (κ3) is 3.89. The summed E-state index contributed by atoms with van der Waals surface area (Å²) in [7, 11) is 0. The molecule has 0 aliphatic rings. The number of carbonyl (C=O) groups is 1. The van der Waals surface area contributed by atoms with Crippen molar-refractivity contribution in [3.8, 4) is 0 Å².